The van der Waals surface area contributed by atoms with E-state index in [9.17, 15) is 4.79 Å². The molecule has 1 rings (SSSR count). The molecular formula is C9H14N2OS. The Morgan fingerprint density at radius 2 is 2.46 bits per heavy atom. The number of ketones is 1. The first-order valence-electron chi connectivity index (χ1n) is 4.33. The first-order valence-corrected chi connectivity index (χ1v) is 4.96. The summed E-state index contributed by atoms with van der Waals surface area (Å²) in [6.45, 7) is 0. The van der Waals surface area contributed by atoms with Crippen molar-refractivity contribution >= 4 is 18.4 Å². The molecule has 1 aromatic heterocycles. The van der Waals surface area contributed by atoms with E-state index in [0.29, 0.717) is 12.2 Å². The molecule has 0 aliphatic rings. The van der Waals surface area contributed by atoms with E-state index in [4.69, 9.17) is 0 Å². The van der Waals surface area contributed by atoms with Gasteiger partial charge in [0, 0.05) is 38.0 Å². The van der Waals surface area contributed by atoms with Gasteiger partial charge in [-0.2, -0.15) is 12.6 Å². The highest BCUT2D eigenvalue weighted by molar-refractivity contribution is 7.81. The highest BCUT2D eigenvalue weighted by Gasteiger charge is 2.01. The zero-order chi connectivity index (χ0) is 9.68. The van der Waals surface area contributed by atoms with Crippen molar-refractivity contribution in [2.24, 2.45) is 7.05 Å². The van der Waals surface area contributed by atoms with Crippen molar-refractivity contribution in [3.63, 3.8) is 0 Å². The van der Waals surface area contributed by atoms with E-state index in [1.807, 2.05) is 17.8 Å². The molecule has 0 N–H and O–H groups in total. The predicted molar refractivity (Wildman–Crippen MR) is 55.0 cm³/mol. The van der Waals surface area contributed by atoms with Crippen molar-refractivity contribution in [2.45, 2.75) is 19.3 Å². The van der Waals surface area contributed by atoms with Crippen molar-refractivity contribution in [1.82, 2.24) is 9.55 Å². The molecule has 0 radical (unpaired) electrons. The lowest BCUT2D eigenvalue weighted by atomic mass is 10.2. The van der Waals surface area contributed by atoms with Gasteiger partial charge in [0.15, 0.2) is 0 Å². The van der Waals surface area contributed by atoms with Gasteiger partial charge in [-0.3, -0.25) is 4.79 Å². The van der Waals surface area contributed by atoms with Gasteiger partial charge in [0.05, 0.1) is 0 Å². The Labute approximate surface area is 83.6 Å². The molecule has 3 nitrogen and oxygen atoms in total. The number of nitrogens with zero attached hydrogens (tertiary/aromatic N) is 2. The molecule has 0 fully saturated rings. The summed E-state index contributed by atoms with van der Waals surface area (Å²) >= 11 is 3.91. The lowest BCUT2D eigenvalue weighted by Crippen LogP contribution is -2.02. The maximum Gasteiger partial charge on any atom is 0.142 e. The van der Waals surface area contributed by atoms with Crippen LogP contribution in [0.5, 0.6) is 0 Å². The molecular weight excluding hydrogens is 184 g/mol. The third-order valence-corrected chi connectivity index (χ3v) is 2.31. The second-order valence-corrected chi connectivity index (χ2v) is 3.32. The normalized spacial score (nSPS) is 10.3. The minimum atomic E-state index is 0.206. The van der Waals surface area contributed by atoms with Crippen molar-refractivity contribution < 1.29 is 4.79 Å². The summed E-state index contributed by atoms with van der Waals surface area (Å²) in [6, 6.07) is 0. The second-order valence-electron chi connectivity index (χ2n) is 3.00. The van der Waals surface area contributed by atoms with Crippen molar-refractivity contribution in [3.05, 3.63) is 18.2 Å². The van der Waals surface area contributed by atoms with Crippen LogP contribution in [-0.4, -0.2) is 21.1 Å². The minimum absolute atomic E-state index is 0.206. The van der Waals surface area contributed by atoms with Crippen LogP contribution < -0.4 is 0 Å². The van der Waals surface area contributed by atoms with Crippen LogP contribution in [0.2, 0.25) is 0 Å². The van der Waals surface area contributed by atoms with Crippen LogP contribution >= 0.6 is 12.6 Å². The molecule has 0 aliphatic heterocycles. The van der Waals surface area contributed by atoms with Gasteiger partial charge in [0.1, 0.15) is 11.6 Å². The summed E-state index contributed by atoms with van der Waals surface area (Å²) in [5.41, 5.74) is 0. The molecule has 1 aromatic rings. The summed E-state index contributed by atoms with van der Waals surface area (Å²) in [7, 11) is 1.96. The van der Waals surface area contributed by atoms with E-state index in [-0.39, 0.29) is 5.78 Å². The van der Waals surface area contributed by atoms with Crippen LogP contribution in [-0.2, 0) is 18.3 Å². The van der Waals surface area contributed by atoms with Crippen molar-refractivity contribution in [2.75, 3.05) is 5.75 Å². The summed E-state index contributed by atoms with van der Waals surface area (Å²) in [4.78, 5) is 15.1. The average molecular weight is 198 g/mol. The first-order chi connectivity index (χ1) is 6.24. The number of rotatable bonds is 5. The Morgan fingerprint density at radius 1 is 1.69 bits per heavy atom. The molecule has 0 aliphatic carbocycles. The summed E-state index contributed by atoms with van der Waals surface area (Å²) < 4.78 is 1.98. The molecule has 1 heterocycles. The maximum atomic E-state index is 10.9. The number of aryl methyl sites for hydroxylation is 2. The van der Waals surface area contributed by atoms with Crippen LogP contribution in [0.4, 0.5) is 0 Å². The number of aromatic nitrogens is 2. The van der Waals surface area contributed by atoms with E-state index in [0.717, 1.165) is 18.7 Å². The molecule has 0 unspecified atom stereocenters. The number of thiol groups is 1. The Bertz CT molecular complexity index is 283. The third kappa shape index (κ3) is 3.22. The van der Waals surface area contributed by atoms with E-state index >= 15 is 0 Å². The maximum absolute atomic E-state index is 10.9. The van der Waals surface area contributed by atoms with Crippen LogP contribution in [0.3, 0.4) is 0 Å². The van der Waals surface area contributed by atoms with Crippen molar-refractivity contribution in [1.29, 1.82) is 0 Å². The number of imidazole rings is 1. The molecule has 0 amide bonds. The molecule has 0 atom stereocenters. The summed E-state index contributed by atoms with van der Waals surface area (Å²) in [5.74, 6) is 1.59. The zero-order valence-electron chi connectivity index (χ0n) is 7.73. The minimum Gasteiger partial charge on any atom is -0.338 e. The number of hydrogen-bond acceptors (Lipinski definition) is 3. The molecule has 72 valence electrons. The Morgan fingerprint density at radius 3 is 3.00 bits per heavy atom. The van der Waals surface area contributed by atoms with Gasteiger partial charge in [0.2, 0.25) is 0 Å². The fourth-order valence-electron chi connectivity index (χ4n) is 1.16. The molecule has 4 heteroatoms. The Kier molecular flexibility index (Phi) is 4.02. The monoisotopic (exact) mass is 198 g/mol. The van der Waals surface area contributed by atoms with Crippen LogP contribution in [0.1, 0.15) is 18.7 Å². The highest BCUT2D eigenvalue weighted by Crippen LogP contribution is 2.02. The molecule has 0 bridgehead atoms. The predicted octanol–water partition coefficient (Wildman–Crippen LogP) is 1.24. The van der Waals surface area contributed by atoms with Crippen LogP contribution in [0, 0.1) is 0 Å². The molecule has 0 saturated carbocycles. The smallest absolute Gasteiger partial charge is 0.142 e. The fourth-order valence-corrected chi connectivity index (χ4v) is 1.32. The lowest BCUT2D eigenvalue weighted by Gasteiger charge is -2.00. The van der Waals surface area contributed by atoms with Crippen molar-refractivity contribution in [3.8, 4) is 0 Å². The quantitative estimate of drug-likeness (QED) is 0.722. The van der Waals surface area contributed by atoms with Gasteiger partial charge in [-0.1, -0.05) is 0 Å². The summed E-state index contributed by atoms with van der Waals surface area (Å²) in [6.07, 6.45) is 6.02. The number of carbonyl (C=O) groups excluding carboxylic acids is 1. The second kappa shape index (κ2) is 5.07. The number of Topliss-reactive ketones (excluding diaryl/α,β-unsaturated/α-hetero) is 1. The third-order valence-electron chi connectivity index (χ3n) is 1.95. The molecule has 0 saturated heterocycles. The average Bonchev–Trinajstić information content (AvgIpc) is 2.52. The van der Waals surface area contributed by atoms with Gasteiger partial charge in [-0.25, -0.2) is 4.98 Å². The largest absolute Gasteiger partial charge is 0.338 e. The number of carbonyl (C=O) groups is 1. The summed E-state index contributed by atoms with van der Waals surface area (Å²) in [5, 5.41) is 0. The van der Waals surface area contributed by atoms with Gasteiger partial charge in [-0.15, -0.1) is 0 Å². The van der Waals surface area contributed by atoms with E-state index in [1.165, 1.54) is 0 Å². The number of hydrogen-bond donors (Lipinski definition) is 1. The molecule has 0 spiro atoms. The Hall–Kier alpha value is -0.770. The molecule has 13 heavy (non-hydrogen) atoms. The topological polar surface area (TPSA) is 34.9 Å². The standard InChI is InChI=1S/C9H14N2OS/c1-11-6-5-10-9(11)4-2-3-8(12)7-13/h5-6,13H,2-4,7H2,1H3. The first kappa shape index (κ1) is 10.3. The SMILES string of the molecule is Cn1ccnc1CCCC(=O)CS. The molecule has 0 aromatic carbocycles. The van der Waals surface area contributed by atoms with Gasteiger partial charge in [0.25, 0.3) is 0 Å². The zero-order valence-corrected chi connectivity index (χ0v) is 8.63. The van der Waals surface area contributed by atoms with E-state index < -0.39 is 0 Å². The van der Waals surface area contributed by atoms with E-state index in [2.05, 4.69) is 17.6 Å². The van der Waals surface area contributed by atoms with Crippen LogP contribution in [0.25, 0.3) is 0 Å². The fraction of sp³-hybridized carbons (Fsp3) is 0.556. The van der Waals surface area contributed by atoms with Gasteiger partial charge >= 0.3 is 0 Å². The van der Waals surface area contributed by atoms with Gasteiger partial charge in [-0.05, 0) is 6.42 Å². The van der Waals surface area contributed by atoms with E-state index in [1.54, 1.807) is 6.20 Å². The van der Waals surface area contributed by atoms with Crippen LogP contribution in [0.15, 0.2) is 12.4 Å². The van der Waals surface area contributed by atoms with Gasteiger partial charge < -0.3 is 4.57 Å². The Balaban J connectivity index is 2.28. The lowest BCUT2D eigenvalue weighted by molar-refractivity contribution is -0.116. The highest BCUT2D eigenvalue weighted by atomic mass is 32.1.